The van der Waals surface area contributed by atoms with Crippen LogP contribution in [-0.2, 0) is 0 Å². The molecule has 3 aromatic rings. The Labute approximate surface area is 148 Å². The van der Waals surface area contributed by atoms with E-state index in [0.717, 1.165) is 35.6 Å². The standard InChI is InChI=1S/C21H24N4/c1-4-12-25(13-5-1)14-11-23-21-15-20(17-7-6-10-22-16-17)24-19-9-3-2-8-18(19)21/h2-3,6-10,15-16H,1,4-5,11-14H2,(H,23,24). The minimum atomic E-state index is 0.959. The third kappa shape index (κ3) is 3.80. The van der Waals surface area contributed by atoms with Crippen LogP contribution >= 0.6 is 0 Å². The molecule has 128 valence electrons. The molecule has 0 aliphatic carbocycles. The van der Waals surface area contributed by atoms with Crippen LogP contribution in [0.15, 0.2) is 54.9 Å². The van der Waals surface area contributed by atoms with E-state index in [1.807, 2.05) is 18.3 Å². The first-order valence-electron chi connectivity index (χ1n) is 9.16. The Morgan fingerprint density at radius 3 is 2.72 bits per heavy atom. The minimum absolute atomic E-state index is 0.959. The van der Waals surface area contributed by atoms with Crippen molar-refractivity contribution in [3.63, 3.8) is 0 Å². The largest absolute Gasteiger partial charge is 0.383 e. The van der Waals surface area contributed by atoms with Gasteiger partial charge in [0, 0.05) is 42.1 Å². The lowest BCUT2D eigenvalue weighted by Gasteiger charge is -2.26. The second-order valence-corrected chi connectivity index (χ2v) is 6.64. The lowest BCUT2D eigenvalue weighted by Crippen LogP contribution is -2.33. The van der Waals surface area contributed by atoms with Crippen molar-refractivity contribution in [1.29, 1.82) is 0 Å². The van der Waals surface area contributed by atoms with Crippen LogP contribution in [0.5, 0.6) is 0 Å². The maximum absolute atomic E-state index is 4.81. The van der Waals surface area contributed by atoms with Gasteiger partial charge in [0.25, 0.3) is 0 Å². The Morgan fingerprint density at radius 2 is 1.88 bits per heavy atom. The molecule has 1 aromatic carbocycles. The molecule has 1 N–H and O–H groups in total. The van der Waals surface area contributed by atoms with E-state index >= 15 is 0 Å². The number of nitrogens with zero attached hydrogens (tertiary/aromatic N) is 3. The lowest BCUT2D eigenvalue weighted by molar-refractivity contribution is 0.237. The van der Waals surface area contributed by atoms with Gasteiger partial charge in [-0.15, -0.1) is 0 Å². The summed E-state index contributed by atoms with van der Waals surface area (Å²) >= 11 is 0. The number of fused-ring (bicyclic) bond motifs is 1. The molecule has 1 saturated heterocycles. The minimum Gasteiger partial charge on any atom is -0.383 e. The van der Waals surface area contributed by atoms with Crippen LogP contribution in [0.2, 0.25) is 0 Å². The van der Waals surface area contributed by atoms with Gasteiger partial charge in [0.1, 0.15) is 0 Å². The van der Waals surface area contributed by atoms with E-state index in [-0.39, 0.29) is 0 Å². The quantitative estimate of drug-likeness (QED) is 0.760. The topological polar surface area (TPSA) is 41.1 Å². The molecule has 25 heavy (non-hydrogen) atoms. The summed E-state index contributed by atoms with van der Waals surface area (Å²) in [5.41, 5.74) is 4.19. The van der Waals surface area contributed by atoms with Gasteiger partial charge in [-0.2, -0.15) is 0 Å². The van der Waals surface area contributed by atoms with Gasteiger partial charge in [-0.05, 0) is 50.2 Å². The Hall–Kier alpha value is -2.46. The monoisotopic (exact) mass is 332 g/mol. The van der Waals surface area contributed by atoms with Gasteiger partial charge in [-0.25, -0.2) is 4.98 Å². The highest BCUT2D eigenvalue weighted by molar-refractivity contribution is 5.93. The highest BCUT2D eigenvalue weighted by Crippen LogP contribution is 2.27. The average Bonchev–Trinajstić information content (AvgIpc) is 2.69. The van der Waals surface area contributed by atoms with E-state index < -0.39 is 0 Å². The first-order valence-corrected chi connectivity index (χ1v) is 9.16. The third-order valence-corrected chi connectivity index (χ3v) is 4.87. The molecule has 0 radical (unpaired) electrons. The van der Waals surface area contributed by atoms with Crippen molar-refractivity contribution in [1.82, 2.24) is 14.9 Å². The summed E-state index contributed by atoms with van der Waals surface area (Å²) in [7, 11) is 0. The van der Waals surface area contributed by atoms with Crippen molar-refractivity contribution in [3.8, 4) is 11.3 Å². The second-order valence-electron chi connectivity index (χ2n) is 6.64. The van der Waals surface area contributed by atoms with Crippen LogP contribution in [0.1, 0.15) is 19.3 Å². The van der Waals surface area contributed by atoms with E-state index in [9.17, 15) is 0 Å². The number of nitrogens with one attached hydrogen (secondary N) is 1. The molecule has 2 aromatic heterocycles. The summed E-state index contributed by atoms with van der Waals surface area (Å²) in [6, 6.07) is 14.5. The molecule has 0 saturated carbocycles. The molecule has 1 aliphatic rings. The van der Waals surface area contributed by atoms with Crippen molar-refractivity contribution in [2.45, 2.75) is 19.3 Å². The SMILES string of the molecule is c1cncc(-c2cc(NCCN3CCCCC3)c3ccccc3n2)c1. The molecule has 4 rings (SSSR count). The van der Waals surface area contributed by atoms with E-state index in [0.29, 0.717) is 0 Å². The molecule has 0 unspecified atom stereocenters. The molecule has 0 bridgehead atoms. The van der Waals surface area contributed by atoms with Gasteiger partial charge in [0.15, 0.2) is 0 Å². The normalized spacial score (nSPS) is 15.4. The number of para-hydroxylation sites is 1. The van der Waals surface area contributed by atoms with Crippen LogP contribution < -0.4 is 5.32 Å². The first-order chi connectivity index (χ1) is 12.4. The van der Waals surface area contributed by atoms with Crippen LogP contribution in [0.3, 0.4) is 0 Å². The maximum atomic E-state index is 4.81. The maximum Gasteiger partial charge on any atom is 0.0745 e. The predicted octanol–water partition coefficient (Wildman–Crippen LogP) is 4.19. The summed E-state index contributed by atoms with van der Waals surface area (Å²) in [6.07, 6.45) is 7.72. The smallest absolute Gasteiger partial charge is 0.0745 e. The van der Waals surface area contributed by atoms with Crippen LogP contribution in [0, 0.1) is 0 Å². The number of aromatic nitrogens is 2. The first kappa shape index (κ1) is 16.0. The molecule has 1 aliphatic heterocycles. The van der Waals surface area contributed by atoms with Crippen molar-refractivity contribution in [2.24, 2.45) is 0 Å². The van der Waals surface area contributed by atoms with Gasteiger partial charge < -0.3 is 10.2 Å². The molecule has 4 heteroatoms. The van der Waals surface area contributed by atoms with E-state index in [1.54, 1.807) is 6.20 Å². The Bertz CT molecular complexity index is 826. The van der Waals surface area contributed by atoms with Gasteiger partial charge >= 0.3 is 0 Å². The molecule has 0 spiro atoms. The number of piperidine rings is 1. The number of likely N-dealkylation sites (tertiary alicyclic amines) is 1. The third-order valence-electron chi connectivity index (χ3n) is 4.87. The van der Waals surface area contributed by atoms with E-state index in [2.05, 4.69) is 45.5 Å². The second kappa shape index (κ2) is 7.62. The average molecular weight is 332 g/mol. The van der Waals surface area contributed by atoms with Crippen LogP contribution in [0.4, 0.5) is 5.69 Å². The Balaban J connectivity index is 1.58. The van der Waals surface area contributed by atoms with Crippen LogP contribution in [-0.4, -0.2) is 41.0 Å². The highest BCUT2D eigenvalue weighted by Gasteiger charge is 2.11. The number of hydrogen-bond donors (Lipinski definition) is 1. The molecular weight excluding hydrogens is 308 g/mol. The van der Waals surface area contributed by atoms with Gasteiger partial charge in [-0.1, -0.05) is 24.6 Å². The summed E-state index contributed by atoms with van der Waals surface area (Å²) in [5.74, 6) is 0. The zero-order valence-electron chi connectivity index (χ0n) is 14.5. The fourth-order valence-electron chi connectivity index (χ4n) is 3.52. The van der Waals surface area contributed by atoms with Crippen molar-refractivity contribution >= 4 is 16.6 Å². The fraction of sp³-hybridized carbons (Fsp3) is 0.333. The predicted molar refractivity (Wildman–Crippen MR) is 104 cm³/mol. The molecule has 3 heterocycles. The molecule has 0 amide bonds. The lowest BCUT2D eigenvalue weighted by atomic mass is 10.1. The Kier molecular flexibility index (Phi) is 4.89. The fourth-order valence-corrected chi connectivity index (χ4v) is 3.52. The zero-order valence-corrected chi connectivity index (χ0v) is 14.5. The number of hydrogen-bond acceptors (Lipinski definition) is 4. The molecule has 0 atom stereocenters. The van der Waals surface area contributed by atoms with Crippen molar-refractivity contribution < 1.29 is 0 Å². The highest BCUT2D eigenvalue weighted by atomic mass is 15.1. The summed E-state index contributed by atoms with van der Waals surface area (Å²) in [5, 5.41) is 4.82. The number of benzene rings is 1. The van der Waals surface area contributed by atoms with Gasteiger partial charge in [-0.3, -0.25) is 4.98 Å². The summed E-state index contributed by atoms with van der Waals surface area (Å²) < 4.78 is 0. The Morgan fingerprint density at radius 1 is 1.00 bits per heavy atom. The molecule has 4 nitrogen and oxygen atoms in total. The van der Waals surface area contributed by atoms with Crippen molar-refractivity contribution in [2.75, 3.05) is 31.5 Å². The van der Waals surface area contributed by atoms with E-state index in [1.165, 1.54) is 37.7 Å². The van der Waals surface area contributed by atoms with Crippen LogP contribution in [0.25, 0.3) is 22.2 Å². The summed E-state index contributed by atoms with van der Waals surface area (Å²) in [6.45, 7) is 4.53. The van der Waals surface area contributed by atoms with Crippen molar-refractivity contribution in [3.05, 3.63) is 54.9 Å². The zero-order chi connectivity index (χ0) is 16.9. The number of rotatable bonds is 5. The molecule has 1 fully saturated rings. The molecular formula is C21H24N4. The number of anilines is 1. The van der Waals surface area contributed by atoms with E-state index in [4.69, 9.17) is 4.98 Å². The van der Waals surface area contributed by atoms with Gasteiger partial charge in [0.05, 0.1) is 11.2 Å². The summed E-state index contributed by atoms with van der Waals surface area (Å²) in [4.78, 5) is 11.6. The number of pyridine rings is 2. The van der Waals surface area contributed by atoms with Gasteiger partial charge in [0.2, 0.25) is 0 Å².